The third-order valence-electron chi connectivity index (χ3n) is 2.60. The van der Waals surface area contributed by atoms with E-state index in [4.69, 9.17) is 6.57 Å². The van der Waals surface area contributed by atoms with Crippen LogP contribution in [0.2, 0.25) is 0 Å². The van der Waals surface area contributed by atoms with Crippen LogP contribution in [0.5, 0.6) is 0 Å². The van der Waals surface area contributed by atoms with E-state index in [-0.39, 0.29) is 0 Å². The van der Waals surface area contributed by atoms with Crippen LogP contribution < -0.4 is 5.32 Å². The lowest BCUT2D eigenvalue weighted by atomic mass is 10.2. The number of allylic oxidation sites excluding steroid dienone is 4. The maximum absolute atomic E-state index is 5.17. The number of anilines is 1. The Labute approximate surface area is 115 Å². The fraction of sp³-hybridized carbons (Fsp3) is 0.250. The van der Waals surface area contributed by atoms with Gasteiger partial charge in [0.1, 0.15) is 0 Å². The SMILES string of the molecule is C#[N+]/C(C)=C\C=C(/C)Nc1ccc(C)c(N=CC)c1. The van der Waals surface area contributed by atoms with Crippen LogP contribution >= 0.6 is 0 Å². The molecular formula is C16H20N3+. The molecule has 0 bridgehead atoms. The molecular weight excluding hydrogens is 234 g/mol. The van der Waals surface area contributed by atoms with Crippen molar-refractivity contribution >= 4 is 17.6 Å². The molecule has 0 amide bonds. The van der Waals surface area contributed by atoms with Gasteiger partial charge in [0.15, 0.2) is 0 Å². The third-order valence-corrected chi connectivity index (χ3v) is 2.60. The number of nitrogens with zero attached hydrogens (tertiary/aromatic N) is 2. The largest absolute Gasteiger partial charge is 0.359 e. The third kappa shape index (κ3) is 4.81. The minimum absolute atomic E-state index is 0.779. The van der Waals surface area contributed by atoms with Gasteiger partial charge in [-0.15, -0.1) is 0 Å². The normalized spacial score (nSPS) is 12.6. The van der Waals surface area contributed by atoms with Gasteiger partial charge in [0.2, 0.25) is 0 Å². The van der Waals surface area contributed by atoms with Crippen molar-refractivity contribution < 1.29 is 0 Å². The van der Waals surface area contributed by atoms with Crippen LogP contribution in [-0.2, 0) is 0 Å². The van der Waals surface area contributed by atoms with E-state index in [1.807, 2.05) is 58.0 Å². The van der Waals surface area contributed by atoms with Crippen molar-refractivity contribution in [2.75, 3.05) is 5.32 Å². The van der Waals surface area contributed by atoms with Gasteiger partial charge >= 0.3 is 5.70 Å². The van der Waals surface area contributed by atoms with E-state index < -0.39 is 0 Å². The summed E-state index contributed by atoms with van der Waals surface area (Å²) in [6, 6.07) is 6.11. The van der Waals surface area contributed by atoms with E-state index >= 15 is 0 Å². The van der Waals surface area contributed by atoms with E-state index in [1.54, 1.807) is 6.21 Å². The molecule has 0 spiro atoms. The van der Waals surface area contributed by atoms with Gasteiger partial charge in [0.05, 0.1) is 5.69 Å². The fourth-order valence-corrected chi connectivity index (χ4v) is 1.52. The molecule has 3 nitrogen and oxygen atoms in total. The van der Waals surface area contributed by atoms with Crippen molar-refractivity contribution in [1.82, 2.24) is 0 Å². The van der Waals surface area contributed by atoms with Crippen molar-refractivity contribution in [2.24, 2.45) is 4.99 Å². The second kappa shape index (κ2) is 7.17. The van der Waals surface area contributed by atoms with Gasteiger partial charge in [-0.2, -0.15) is 0 Å². The van der Waals surface area contributed by atoms with Crippen molar-refractivity contribution in [2.45, 2.75) is 27.7 Å². The molecule has 1 aromatic carbocycles. The van der Waals surface area contributed by atoms with Crippen molar-refractivity contribution in [3.63, 3.8) is 0 Å². The second-order valence-corrected chi connectivity index (χ2v) is 4.30. The Hall–Kier alpha value is -2.34. The zero-order valence-electron chi connectivity index (χ0n) is 11.9. The first-order valence-electron chi connectivity index (χ1n) is 6.19. The molecule has 0 radical (unpaired) electrons. The molecule has 0 saturated heterocycles. The number of benzene rings is 1. The summed E-state index contributed by atoms with van der Waals surface area (Å²) < 4.78 is 0. The van der Waals surface area contributed by atoms with Crippen molar-refractivity contribution in [3.05, 3.63) is 52.2 Å². The molecule has 0 aromatic heterocycles. The summed E-state index contributed by atoms with van der Waals surface area (Å²) in [5.41, 5.74) is 4.93. The van der Waals surface area contributed by atoms with Crippen molar-refractivity contribution in [1.29, 1.82) is 0 Å². The molecule has 0 heterocycles. The summed E-state index contributed by atoms with van der Waals surface area (Å²) in [6.07, 6.45) is 5.60. The Bertz CT molecular complexity index is 572. The summed E-state index contributed by atoms with van der Waals surface area (Å²) in [6.45, 7) is 13.0. The zero-order valence-corrected chi connectivity index (χ0v) is 11.9. The van der Waals surface area contributed by atoms with Gasteiger partial charge in [-0.25, -0.2) is 0 Å². The summed E-state index contributed by atoms with van der Waals surface area (Å²) in [5, 5.41) is 3.31. The highest BCUT2D eigenvalue weighted by molar-refractivity contribution is 5.66. The number of aliphatic imine (C=N–C) groups is 1. The first-order valence-corrected chi connectivity index (χ1v) is 6.19. The molecule has 1 N–H and O–H groups in total. The summed E-state index contributed by atoms with van der Waals surface area (Å²) >= 11 is 0. The predicted octanol–water partition coefficient (Wildman–Crippen LogP) is 4.90. The number of rotatable bonds is 4. The van der Waals surface area contributed by atoms with Crippen LogP contribution in [0.3, 0.4) is 0 Å². The van der Waals surface area contributed by atoms with Gasteiger partial charge in [-0.3, -0.25) is 4.99 Å². The molecule has 19 heavy (non-hydrogen) atoms. The second-order valence-electron chi connectivity index (χ2n) is 4.30. The highest BCUT2D eigenvalue weighted by Crippen LogP contribution is 2.23. The molecule has 1 rings (SSSR count). The Morgan fingerprint density at radius 2 is 2.05 bits per heavy atom. The van der Waals surface area contributed by atoms with E-state index in [2.05, 4.69) is 15.2 Å². The topological polar surface area (TPSA) is 28.8 Å². The first-order chi connectivity index (χ1) is 9.06. The van der Waals surface area contributed by atoms with Gasteiger partial charge in [0.25, 0.3) is 6.57 Å². The molecule has 0 aliphatic carbocycles. The van der Waals surface area contributed by atoms with Gasteiger partial charge < -0.3 is 5.32 Å². The maximum Gasteiger partial charge on any atom is 0.313 e. The Morgan fingerprint density at radius 3 is 2.68 bits per heavy atom. The van der Waals surface area contributed by atoms with Crippen LogP contribution in [0.25, 0.3) is 4.85 Å². The standard InChI is InChI=1S/C16H20N3/c1-6-18-16-11-15(10-7-12(16)2)19-14(4)9-8-13(3)17-5/h5-11,19H,1-4H3/q+1/b13-8-,14-9+,18-6?. The number of hydrogen-bond donors (Lipinski definition) is 1. The predicted molar refractivity (Wildman–Crippen MR) is 84.4 cm³/mol. The molecule has 0 aliphatic heterocycles. The Morgan fingerprint density at radius 1 is 1.32 bits per heavy atom. The molecule has 98 valence electrons. The summed E-state index contributed by atoms with van der Waals surface area (Å²) in [7, 11) is 0. The van der Waals surface area contributed by atoms with Crippen LogP contribution in [0.15, 0.2) is 46.7 Å². The minimum Gasteiger partial charge on any atom is -0.359 e. The zero-order chi connectivity index (χ0) is 14.3. The summed E-state index contributed by atoms with van der Waals surface area (Å²) in [5.74, 6) is 0. The lowest BCUT2D eigenvalue weighted by Crippen LogP contribution is -1.95. The highest BCUT2D eigenvalue weighted by Gasteiger charge is 1.99. The molecule has 0 atom stereocenters. The lowest BCUT2D eigenvalue weighted by molar-refractivity contribution is 1.34. The quantitative estimate of drug-likeness (QED) is 0.601. The van der Waals surface area contributed by atoms with Gasteiger partial charge in [-0.05, 0) is 49.4 Å². The van der Waals surface area contributed by atoms with Crippen molar-refractivity contribution in [3.8, 4) is 6.57 Å². The van der Waals surface area contributed by atoms with Crippen LogP contribution in [0, 0.1) is 13.5 Å². The van der Waals surface area contributed by atoms with Gasteiger partial charge in [-0.1, -0.05) is 6.07 Å². The van der Waals surface area contributed by atoms with Gasteiger partial charge in [0, 0.05) is 30.6 Å². The molecule has 0 saturated carbocycles. The molecule has 0 fully saturated rings. The minimum atomic E-state index is 0.779. The smallest absolute Gasteiger partial charge is 0.313 e. The average Bonchev–Trinajstić information content (AvgIpc) is 2.40. The maximum atomic E-state index is 5.17. The number of nitrogens with one attached hydrogen (secondary N) is 1. The summed E-state index contributed by atoms with van der Waals surface area (Å²) in [4.78, 5) is 7.92. The van der Waals surface area contributed by atoms with Crippen LogP contribution in [0.1, 0.15) is 26.3 Å². The molecule has 3 heteroatoms. The highest BCUT2D eigenvalue weighted by atomic mass is 14.9. The fourth-order valence-electron chi connectivity index (χ4n) is 1.52. The van der Waals surface area contributed by atoms with Crippen LogP contribution in [0.4, 0.5) is 11.4 Å². The Kier molecular flexibility index (Phi) is 5.56. The first kappa shape index (κ1) is 14.7. The molecule has 0 unspecified atom stereocenters. The Balaban J connectivity index is 2.89. The lowest BCUT2D eigenvalue weighted by Gasteiger charge is -2.08. The van der Waals surface area contributed by atoms with E-state index in [1.165, 1.54) is 0 Å². The number of aryl methyl sites for hydroxylation is 1. The monoisotopic (exact) mass is 254 g/mol. The molecule has 0 aliphatic rings. The average molecular weight is 254 g/mol. The van der Waals surface area contributed by atoms with E-state index in [0.29, 0.717) is 0 Å². The van der Waals surface area contributed by atoms with E-state index in [9.17, 15) is 0 Å². The van der Waals surface area contributed by atoms with E-state index in [0.717, 1.165) is 28.3 Å². The van der Waals surface area contributed by atoms with Crippen LogP contribution in [-0.4, -0.2) is 6.21 Å². The molecule has 1 aromatic rings. The number of hydrogen-bond acceptors (Lipinski definition) is 2.